The molecule has 0 aliphatic carbocycles. The van der Waals surface area contributed by atoms with E-state index in [1.807, 2.05) is 36.4 Å². The summed E-state index contributed by atoms with van der Waals surface area (Å²) in [4.78, 5) is 33.8. The van der Waals surface area contributed by atoms with Gasteiger partial charge in [0.25, 0.3) is 0 Å². The van der Waals surface area contributed by atoms with Gasteiger partial charge in [-0.15, -0.1) is 0 Å². The summed E-state index contributed by atoms with van der Waals surface area (Å²) in [7, 11) is 0. The minimum absolute atomic E-state index is 0.00407. The van der Waals surface area contributed by atoms with Crippen LogP contribution >= 0.6 is 0 Å². The molecule has 9 heteroatoms. The second-order valence-electron chi connectivity index (χ2n) is 9.14. The number of para-hydroxylation sites is 2. The molecule has 3 aromatic rings. The fraction of sp³-hybridized carbons (Fsp3) is 0.385. The quantitative estimate of drug-likeness (QED) is 0.166. The third-order valence-corrected chi connectivity index (χ3v) is 5.75. The molecule has 186 valence electrons. The van der Waals surface area contributed by atoms with Crippen molar-refractivity contribution in [1.29, 1.82) is 0 Å². The lowest BCUT2D eigenvalue weighted by Gasteiger charge is -2.27. The Bertz CT molecular complexity index is 1140. The first kappa shape index (κ1) is 26.2. The highest BCUT2D eigenvalue weighted by Crippen LogP contribution is 2.25. The van der Waals surface area contributed by atoms with E-state index in [4.69, 9.17) is 10.6 Å². The molecule has 1 heterocycles. The number of halogens is 1. The number of esters is 1. The molecule has 2 aromatic carbocycles. The van der Waals surface area contributed by atoms with Gasteiger partial charge in [0.05, 0.1) is 23.3 Å². The van der Waals surface area contributed by atoms with Crippen LogP contribution in [0.5, 0.6) is 0 Å². The van der Waals surface area contributed by atoms with Crippen molar-refractivity contribution < 1.29 is 23.8 Å². The zero-order valence-corrected chi connectivity index (χ0v) is 19.9. The average molecular weight is 483 g/mol. The summed E-state index contributed by atoms with van der Waals surface area (Å²) in [5.41, 5.74) is 2.61. The molecule has 3 rings (SSSR count). The Labute approximate surface area is 203 Å². The molecule has 0 aliphatic heterocycles. The number of aromatic nitrogens is 2. The monoisotopic (exact) mass is 482 g/mol. The van der Waals surface area contributed by atoms with Crippen molar-refractivity contribution >= 4 is 22.9 Å². The summed E-state index contributed by atoms with van der Waals surface area (Å²) in [6, 6.07) is 16.3. The number of aliphatic hydroxyl groups excluding tert-OH is 1. The van der Waals surface area contributed by atoms with Crippen LogP contribution < -0.4 is 11.3 Å². The van der Waals surface area contributed by atoms with Gasteiger partial charge in [-0.1, -0.05) is 42.5 Å². The number of hydrogen-bond acceptors (Lipinski definition) is 7. The number of hydrogen-bond donors (Lipinski definition) is 3. The summed E-state index contributed by atoms with van der Waals surface area (Å²) in [6.45, 7) is 2.84. The molecule has 0 saturated carbocycles. The van der Waals surface area contributed by atoms with Gasteiger partial charge in [0.1, 0.15) is 11.8 Å². The summed E-state index contributed by atoms with van der Waals surface area (Å²) >= 11 is 0. The van der Waals surface area contributed by atoms with Crippen LogP contribution in [0.25, 0.3) is 11.0 Å². The number of ether oxygens (including phenoxy) is 1. The Balaban J connectivity index is 1.80. The summed E-state index contributed by atoms with van der Waals surface area (Å²) < 4.78 is 19.7. The second kappa shape index (κ2) is 11.8. The van der Waals surface area contributed by atoms with Crippen molar-refractivity contribution in [2.45, 2.75) is 57.4 Å². The molecule has 8 nitrogen and oxygen atoms in total. The fourth-order valence-electron chi connectivity index (χ4n) is 3.79. The van der Waals surface area contributed by atoms with Gasteiger partial charge in [-0.3, -0.25) is 15.2 Å². The number of amides is 1. The van der Waals surface area contributed by atoms with E-state index in [2.05, 4.69) is 15.4 Å². The molecule has 3 unspecified atom stereocenters. The average Bonchev–Trinajstić information content (AvgIpc) is 2.85. The molecule has 0 bridgehead atoms. The lowest BCUT2D eigenvalue weighted by molar-refractivity contribution is -0.127. The molecule has 0 saturated heterocycles. The highest BCUT2D eigenvalue weighted by atomic mass is 19.1. The predicted molar refractivity (Wildman–Crippen MR) is 130 cm³/mol. The number of carbonyl (C=O) groups excluding carboxylic acids is 2. The molecule has 1 aromatic heterocycles. The van der Waals surface area contributed by atoms with Crippen molar-refractivity contribution in [1.82, 2.24) is 15.4 Å². The minimum Gasteiger partial charge on any atom is -0.454 e. The number of benzene rings is 2. The maximum absolute atomic E-state index is 14.1. The lowest BCUT2D eigenvalue weighted by Crippen LogP contribution is -2.41. The molecule has 4 N–H and O–H groups in total. The molecular formula is C26H31FN4O4. The number of fused-ring (bicyclic) bond motifs is 1. The molecule has 35 heavy (non-hydrogen) atoms. The number of alkyl halides is 1. The number of nitrogens with one attached hydrogen (secondary N) is 1. The summed E-state index contributed by atoms with van der Waals surface area (Å²) in [5, 5.41) is 11.1. The van der Waals surface area contributed by atoms with Crippen LogP contribution in [0.15, 0.2) is 60.8 Å². The third kappa shape index (κ3) is 7.80. The van der Waals surface area contributed by atoms with Gasteiger partial charge in [-0.25, -0.2) is 20.0 Å². The van der Waals surface area contributed by atoms with Crippen molar-refractivity contribution in [2.24, 2.45) is 11.8 Å². The topological polar surface area (TPSA) is 127 Å². The van der Waals surface area contributed by atoms with Crippen LogP contribution in [-0.4, -0.2) is 44.8 Å². The number of aliphatic hydroxyl groups is 1. The highest BCUT2D eigenvalue weighted by Gasteiger charge is 2.31. The molecule has 3 atom stereocenters. The first-order valence-electron chi connectivity index (χ1n) is 11.5. The minimum atomic E-state index is -1.48. The van der Waals surface area contributed by atoms with E-state index < -0.39 is 35.7 Å². The predicted octanol–water partition coefficient (Wildman–Crippen LogP) is 3.28. The molecule has 1 amide bonds. The number of carbonyl (C=O) groups is 2. The Kier molecular flexibility index (Phi) is 8.84. The van der Waals surface area contributed by atoms with Gasteiger partial charge in [0, 0.05) is 12.3 Å². The maximum atomic E-state index is 14.1. The third-order valence-electron chi connectivity index (χ3n) is 5.75. The van der Waals surface area contributed by atoms with E-state index >= 15 is 0 Å². The first-order chi connectivity index (χ1) is 16.7. The summed E-state index contributed by atoms with van der Waals surface area (Å²) in [6.07, 6.45) is -0.445. The van der Waals surface area contributed by atoms with Crippen molar-refractivity contribution in [2.75, 3.05) is 0 Å². The van der Waals surface area contributed by atoms with Gasteiger partial charge in [-0.05, 0) is 50.8 Å². The molecule has 0 radical (unpaired) electrons. The number of nitrogens with zero attached hydrogens (tertiary/aromatic N) is 2. The number of rotatable bonds is 11. The van der Waals surface area contributed by atoms with E-state index in [0.29, 0.717) is 11.0 Å². The van der Waals surface area contributed by atoms with E-state index in [1.165, 1.54) is 20.0 Å². The Morgan fingerprint density at radius 3 is 2.43 bits per heavy atom. The maximum Gasteiger partial charge on any atom is 0.358 e. The first-order valence-corrected chi connectivity index (χ1v) is 11.5. The fourth-order valence-corrected chi connectivity index (χ4v) is 3.79. The van der Waals surface area contributed by atoms with Crippen LogP contribution in [0.1, 0.15) is 49.2 Å². The van der Waals surface area contributed by atoms with Crippen molar-refractivity contribution in [3.63, 3.8) is 0 Å². The smallest absolute Gasteiger partial charge is 0.358 e. The molecule has 0 fully saturated rings. The standard InChI is InChI=1S/C26H31FN4O4/c1-26(2,27)13-12-18(24(33)31-28)15-22(32)23(14-17-8-4-3-5-9-17)35-25(34)21-16-29-19-10-6-7-11-20(19)30-21/h3-11,16,18,22-23,32H,12-15,28H2,1-2H3,(H,31,33). The lowest BCUT2D eigenvalue weighted by atomic mass is 9.88. The Morgan fingerprint density at radius 1 is 1.11 bits per heavy atom. The molecular weight excluding hydrogens is 451 g/mol. The van der Waals surface area contributed by atoms with Gasteiger partial charge < -0.3 is 9.84 Å². The largest absolute Gasteiger partial charge is 0.454 e. The molecule has 0 aliphatic rings. The highest BCUT2D eigenvalue weighted by molar-refractivity contribution is 5.89. The Hall–Kier alpha value is -3.43. The zero-order valence-electron chi connectivity index (χ0n) is 19.9. The van der Waals surface area contributed by atoms with Crippen molar-refractivity contribution in [3.8, 4) is 0 Å². The number of hydrazine groups is 1. The summed E-state index contributed by atoms with van der Waals surface area (Å²) in [5.74, 6) is 3.29. The van der Waals surface area contributed by atoms with Gasteiger partial charge in [-0.2, -0.15) is 0 Å². The Morgan fingerprint density at radius 2 is 1.77 bits per heavy atom. The van der Waals surface area contributed by atoms with Crippen molar-refractivity contribution in [3.05, 3.63) is 72.1 Å². The van der Waals surface area contributed by atoms with E-state index in [-0.39, 0.29) is 31.4 Å². The second-order valence-corrected chi connectivity index (χ2v) is 9.14. The van der Waals surface area contributed by atoms with E-state index in [0.717, 1.165) is 5.56 Å². The van der Waals surface area contributed by atoms with E-state index in [9.17, 15) is 19.1 Å². The van der Waals surface area contributed by atoms with Crippen LogP contribution in [-0.2, 0) is 16.0 Å². The molecule has 0 spiro atoms. The van der Waals surface area contributed by atoms with Gasteiger partial charge >= 0.3 is 5.97 Å². The SMILES string of the molecule is CC(C)(F)CCC(CC(O)C(Cc1ccccc1)OC(=O)c1cnc2ccccc2n1)C(=O)NN. The zero-order chi connectivity index (χ0) is 25.4. The van der Waals surface area contributed by atoms with Crippen LogP contribution in [0, 0.1) is 5.92 Å². The van der Waals surface area contributed by atoms with Gasteiger partial charge in [0.2, 0.25) is 5.91 Å². The normalized spacial score (nSPS) is 14.2. The van der Waals surface area contributed by atoms with Gasteiger partial charge in [0.15, 0.2) is 5.69 Å². The van der Waals surface area contributed by atoms with Crippen LogP contribution in [0.3, 0.4) is 0 Å². The van der Waals surface area contributed by atoms with E-state index in [1.54, 1.807) is 18.2 Å². The van der Waals surface area contributed by atoms with Crippen LogP contribution in [0.2, 0.25) is 0 Å². The number of nitrogens with two attached hydrogens (primary N) is 1. The van der Waals surface area contributed by atoms with Crippen LogP contribution in [0.4, 0.5) is 4.39 Å².